The highest BCUT2D eigenvalue weighted by Crippen LogP contribution is 2.08. The molecule has 1 aromatic carbocycles. The molecule has 2 rings (SSSR count). The summed E-state index contributed by atoms with van der Waals surface area (Å²) in [5.74, 6) is 0.516. The first-order valence-corrected chi connectivity index (χ1v) is 5.92. The molecule has 0 saturated heterocycles. The Morgan fingerprint density at radius 3 is 2.67 bits per heavy atom. The summed E-state index contributed by atoms with van der Waals surface area (Å²) in [7, 11) is 0. The number of aromatic nitrogens is 1. The van der Waals surface area contributed by atoms with Crippen LogP contribution in [0.2, 0.25) is 0 Å². The first kappa shape index (κ1) is 12.1. The van der Waals surface area contributed by atoms with Crippen LogP contribution in [0.25, 0.3) is 0 Å². The van der Waals surface area contributed by atoms with E-state index in [2.05, 4.69) is 17.1 Å². The summed E-state index contributed by atoms with van der Waals surface area (Å²) in [5.41, 5.74) is 1.69. The summed E-state index contributed by atoms with van der Waals surface area (Å²) in [6, 6.07) is 17.5. The van der Waals surface area contributed by atoms with Crippen molar-refractivity contribution in [3.63, 3.8) is 0 Å². The minimum absolute atomic E-state index is 0.385. The summed E-state index contributed by atoms with van der Waals surface area (Å²) < 4.78 is 5.51. The third kappa shape index (κ3) is 3.60. The number of rotatable bonds is 5. The third-order valence-corrected chi connectivity index (χ3v) is 2.54. The Morgan fingerprint density at radius 1 is 1.06 bits per heavy atom. The lowest BCUT2D eigenvalue weighted by molar-refractivity contribution is 0.299. The van der Waals surface area contributed by atoms with Crippen molar-refractivity contribution in [3.05, 3.63) is 59.8 Å². The fourth-order valence-corrected chi connectivity index (χ4v) is 1.66. The maximum absolute atomic E-state index is 8.71. The zero-order valence-corrected chi connectivity index (χ0v) is 10.0. The Bertz CT molecular complexity index is 532. The zero-order valence-electron chi connectivity index (χ0n) is 10.0. The third-order valence-electron chi connectivity index (χ3n) is 2.54. The first-order valence-electron chi connectivity index (χ1n) is 5.92. The van der Waals surface area contributed by atoms with Crippen molar-refractivity contribution >= 4 is 0 Å². The summed E-state index contributed by atoms with van der Waals surface area (Å²) in [6.07, 6.45) is 1.92. The summed E-state index contributed by atoms with van der Waals surface area (Å²) in [6.45, 7) is 0.608. The molecule has 0 spiro atoms. The van der Waals surface area contributed by atoms with Crippen LogP contribution in [0.5, 0.6) is 5.88 Å². The number of nitrogens with zero attached hydrogens (tertiary/aromatic N) is 2. The molecule has 1 aromatic heterocycles. The first-order chi connectivity index (χ1) is 8.88. The van der Waals surface area contributed by atoms with Crippen LogP contribution in [-0.4, -0.2) is 11.6 Å². The topological polar surface area (TPSA) is 45.9 Å². The van der Waals surface area contributed by atoms with Gasteiger partial charge in [-0.05, 0) is 24.5 Å². The molecule has 3 heteroatoms. The fraction of sp³-hybridized carbons (Fsp3) is 0.200. The molecule has 18 heavy (non-hydrogen) atoms. The molecule has 0 atom stereocenters. The molecule has 0 bridgehead atoms. The van der Waals surface area contributed by atoms with E-state index in [4.69, 9.17) is 10.00 Å². The molecule has 0 saturated carbocycles. The number of nitriles is 1. The fourth-order valence-electron chi connectivity index (χ4n) is 1.66. The van der Waals surface area contributed by atoms with E-state index in [1.54, 1.807) is 18.2 Å². The van der Waals surface area contributed by atoms with Gasteiger partial charge in [-0.3, -0.25) is 0 Å². The molecule has 0 amide bonds. The molecule has 0 unspecified atom stereocenters. The van der Waals surface area contributed by atoms with Gasteiger partial charge in [0.25, 0.3) is 0 Å². The predicted octanol–water partition coefficient (Wildman–Crippen LogP) is 2.96. The molecule has 3 nitrogen and oxygen atoms in total. The van der Waals surface area contributed by atoms with E-state index in [0.717, 1.165) is 12.8 Å². The largest absolute Gasteiger partial charge is 0.478 e. The van der Waals surface area contributed by atoms with Crippen LogP contribution >= 0.6 is 0 Å². The molecule has 90 valence electrons. The highest BCUT2D eigenvalue weighted by atomic mass is 16.5. The van der Waals surface area contributed by atoms with Crippen LogP contribution in [0.1, 0.15) is 17.7 Å². The lowest BCUT2D eigenvalue weighted by Gasteiger charge is -2.05. The van der Waals surface area contributed by atoms with Crippen LogP contribution in [0, 0.1) is 11.3 Å². The number of ether oxygens (including phenoxy) is 1. The SMILES string of the molecule is N#Cc1cccc(OCCCc2ccccc2)n1. The van der Waals surface area contributed by atoms with Crippen LogP contribution < -0.4 is 4.74 Å². The highest BCUT2D eigenvalue weighted by molar-refractivity contribution is 5.24. The van der Waals surface area contributed by atoms with Gasteiger partial charge < -0.3 is 4.74 Å². The van der Waals surface area contributed by atoms with Crippen molar-refractivity contribution in [2.24, 2.45) is 0 Å². The second-order valence-corrected chi connectivity index (χ2v) is 3.91. The molecule has 1 heterocycles. The van der Waals surface area contributed by atoms with E-state index >= 15 is 0 Å². The molecule has 0 aliphatic rings. The number of hydrogen-bond donors (Lipinski definition) is 0. The van der Waals surface area contributed by atoms with Crippen molar-refractivity contribution in [3.8, 4) is 11.9 Å². The standard InChI is InChI=1S/C15H14N2O/c16-12-14-9-4-10-15(17-14)18-11-5-8-13-6-2-1-3-7-13/h1-4,6-7,9-10H,5,8,11H2. The van der Waals surface area contributed by atoms with Gasteiger partial charge >= 0.3 is 0 Å². The summed E-state index contributed by atoms with van der Waals surface area (Å²) >= 11 is 0. The van der Waals surface area contributed by atoms with Crippen LogP contribution in [0.4, 0.5) is 0 Å². The van der Waals surface area contributed by atoms with E-state index in [1.807, 2.05) is 24.3 Å². The number of aryl methyl sites for hydroxylation is 1. The minimum Gasteiger partial charge on any atom is -0.478 e. The molecule has 2 aromatic rings. The monoisotopic (exact) mass is 238 g/mol. The van der Waals surface area contributed by atoms with Gasteiger partial charge in [-0.2, -0.15) is 5.26 Å². The van der Waals surface area contributed by atoms with Crippen LogP contribution in [0.3, 0.4) is 0 Å². The number of hydrogen-bond acceptors (Lipinski definition) is 3. The Morgan fingerprint density at radius 2 is 1.89 bits per heavy atom. The Kier molecular flexibility index (Phi) is 4.32. The van der Waals surface area contributed by atoms with Gasteiger partial charge in [-0.1, -0.05) is 36.4 Å². The average Bonchev–Trinajstić information content (AvgIpc) is 2.45. The van der Waals surface area contributed by atoms with Gasteiger partial charge in [0.1, 0.15) is 11.8 Å². The number of pyridine rings is 1. The lowest BCUT2D eigenvalue weighted by atomic mass is 10.1. The van der Waals surface area contributed by atoms with E-state index < -0.39 is 0 Å². The van der Waals surface area contributed by atoms with E-state index in [9.17, 15) is 0 Å². The van der Waals surface area contributed by atoms with Crippen molar-refractivity contribution < 1.29 is 4.74 Å². The Labute approximate surface area is 107 Å². The van der Waals surface area contributed by atoms with Crippen LogP contribution in [-0.2, 0) is 6.42 Å². The quantitative estimate of drug-likeness (QED) is 0.752. The predicted molar refractivity (Wildman–Crippen MR) is 69.2 cm³/mol. The molecule has 0 radical (unpaired) electrons. The molecule has 0 aliphatic carbocycles. The minimum atomic E-state index is 0.385. The van der Waals surface area contributed by atoms with E-state index in [-0.39, 0.29) is 0 Å². The second-order valence-electron chi connectivity index (χ2n) is 3.91. The molecule has 0 fully saturated rings. The van der Waals surface area contributed by atoms with Crippen molar-refractivity contribution in [2.45, 2.75) is 12.8 Å². The molecular weight excluding hydrogens is 224 g/mol. The molecule has 0 aliphatic heterocycles. The van der Waals surface area contributed by atoms with Gasteiger partial charge in [0.2, 0.25) is 5.88 Å². The highest BCUT2D eigenvalue weighted by Gasteiger charge is 1.98. The summed E-state index contributed by atoms with van der Waals surface area (Å²) in [4.78, 5) is 4.05. The second kappa shape index (κ2) is 6.41. The molecule has 0 N–H and O–H groups in total. The van der Waals surface area contributed by atoms with Crippen LogP contribution in [0.15, 0.2) is 48.5 Å². The smallest absolute Gasteiger partial charge is 0.214 e. The lowest BCUT2D eigenvalue weighted by Crippen LogP contribution is -2.01. The van der Waals surface area contributed by atoms with E-state index in [1.165, 1.54) is 5.56 Å². The Hall–Kier alpha value is -2.34. The van der Waals surface area contributed by atoms with Crippen molar-refractivity contribution in [2.75, 3.05) is 6.61 Å². The van der Waals surface area contributed by atoms with Gasteiger partial charge in [0.05, 0.1) is 6.61 Å². The van der Waals surface area contributed by atoms with Crippen molar-refractivity contribution in [1.29, 1.82) is 5.26 Å². The maximum Gasteiger partial charge on any atom is 0.214 e. The van der Waals surface area contributed by atoms with Gasteiger partial charge in [-0.15, -0.1) is 0 Å². The zero-order chi connectivity index (χ0) is 12.6. The Balaban J connectivity index is 1.77. The number of benzene rings is 1. The van der Waals surface area contributed by atoms with Crippen molar-refractivity contribution in [1.82, 2.24) is 4.98 Å². The normalized spacial score (nSPS) is 9.72. The van der Waals surface area contributed by atoms with Gasteiger partial charge in [-0.25, -0.2) is 4.98 Å². The van der Waals surface area contributed by atoms with Gasteiger partial charge in [0, 0.05) is 6.07 Å². The summed E-state index contributed by atoms with van der Waals surface area (Å²) in [5, 5.41) is 8.71. The average molecular weight is 238 g/mol. The van der Waals surface area contributed by atoms with Gasteiger partial charge in [0.15, 0.2) is 0 Å². The van der Waals surface area contributed by atoms with E-state index in [0.29, 0.717) is 18.2 Å². The molecular formula is C15H14N2O. The maximum atomic E-state index is 8.71.